The van der Waals surface area contributed by atoms with Crippen LogP contribution in [0, 0.1) is 5.41 Å². The molecule has 3 N–H and O–H groups in total. The van der Waals surface area contributed by atoms with Crippen molar-refractivity contribution in [2.45, 2.75) is 12.6 Å². The molecule has 21 heavy (non-hydrogen) atoms. The van der Waals surface area contributed by atoms with E-state index < -0.39 is 36.4 Å². The van der Waals surface area contributed by atoms with Crippen LogP contribution in [0.4, 0.5) is 18.9 Å². The highest BCUT2D eigenvalue weighted by atomic mass is 19.4. The molecule has 0 bridgehead atoms. The van der Waals surface area contributed by atoms with E-state index in [-0.39, 0.29) is 12.1 Å². The van der Waals surface area contributed by atoms with Crippen molar-refractivity contribution in [2.75, 3.05) is 18.0 Å². The number of primary amides is 1. The molecule has 0 radical (unpaired) electrons. The van der Waals surface area contributed by atoms with Crippen LogP contribution in [0.3, 0.4) is 0 Å². The average Bonchev–Trinajstić information content (AvgIpc) is 2.84. The number of halogens is 3. The molecule has 1 aromatic carbocycles. The van der Waals surface area contributed by atoms with Crippen LogP contribution < -0.4 is 10.6 Å². The molecule has 0 aliphatic carbocycles. The number of aliphatic carboxylic acids is 1. The molecular formula is C13H13F3N2O3. The summed E-state index contributed by atoms with van der Waals surface area (Å²) in [6, 6.07) is 5.70. The van der Waals surface area contributed by atoms with Gasteiger partial charge < -0.3 is 15.7 Å². The van der Waals surface area contributed by atoms with E-state index in [1.165, 1.54) is 29.2 Å². The fraction of sp³-hybridized carbons (Fsp3) is 0.385. The number of anilines is 1. The molecular weight excluding hydrogens is 289 g/mol. The topological polar surface area (TPSA) is 83.6 Å². The predicted octanol–water partition coefficient (Wildman–Crippen LogP) is 1.63. The van der Waals surface area contributed by atoms with E-state index in [1.807, 2.05) is 0 Å². The molecule has 0 saturated carbocycles. The number of rotatable bonds is 3. The van der Waals surface area contributed by atoms with Crippen molar-refractivity contribution < 1.29 is 27.9 Å². The highest BCUT2D eigenvalue weighted by molar-refractivity contribution is 5.93. The molecule has 1 fully saturated rings. The van der Waals surface area contributed by atoms with Gasteiger partial charge in [-0.1, -0.05) is 0 Å². The molecule has 1 unspecified atom stereocenters. The summed E-state index contributed by atoms with van der Waals surface area (Å²) in [7, 11) is 0. The highest BCUT2D eigenvalue weighted by Gasteiger charge is 2.63. The lowest BCUT2D eigenvalue weighted by atomic mass is 9.86. The Morgan fingerprint density at radius 2 is 1.81 bits per heavy atom. The first-order valence-electron chi connectivity index (χ1n) is 6.12. The molecule has 1 atom stereocenters. The molecule has 8 heteroatoms. The van der Waals surface area contributed by atoms with Crippen LogP contribution in [0.5, 0.6) is 0 Å². The number of hydrogen-bond acceptors (Lipinski definition) is 3. The SMILES string of the molecule is NC(=O)c1ccc(N2CCC(C(=O)O)(C(F)(F)F)C2)cc1. The lowest BCUT2D eigenvalue weighted by Crippen LogP contribution is -2.47. The largest absolute Gasteiger partial charge is 0.481 e. The van der Waals surface area contributed by atoms with Crippen molar-refractivity contribution in [3.8, 4) is 0 Å². The third-order valence-electron chi connectivity index (χ3n) is 3.74. The third kappa shape index (κ3) is 2.53. The molecule has 1 heterocycles. The van der Waals surface area contributed by atoms with Crippen molar-refractivity contribution in [1.82, 2.24) is 0 Å². The number of carboxylic acids is 1. The number of carboxylic acid groups (broad SMARTS) is 1. The quantitative estimate of drug-likeness (QED) is 0.889. The van der Waals surface area contributed by atoms with E-state index in [1.54, 1.807) is 0 Å². The van der Waals surface area contributed by atoms with Gasteiger partial charge >= 0.3 is 12.1 Å². The summed E-state index contributed by atoms with van der Waals surface area (Å²) < 4.78 is 39.2. The lowest BCUT2D eigenvalue weighted by molar-refractivity contribution is -0.225. The number of amides is 1. The number of carbonyl (C=O) groups is 2. The Labute approximate surface area is 118 Å². The number of nitrogens with two attached hydrogens (primary N) is 1. The van der Waals surface area contributed by atoms with Crippen LogP contribution in [0.1, 0.15) is 16.8 Å². The third-order valence-corrected chi connectivity index (χ3v) is 3.74. The van der Waals surface area contributed by atoms with Gasteiger partial charge in [0.15, 0.2) is 5.41 Å². The Morgan fingerprint density at radius 1 is 1.24 bits per heavy atom. The van der Waals surface area contributed by atoms with Crippen LogP contribution in [0.25, 0.3) is 0 Å². The number of carbonyl (C=O) groups excluding carboxylic acids is 1. The summed E-state index contributed by atoms with van der Waals surface area (Å²) in [5.41, 5.74) is 2.98. The zero-order valence-electron chi connectivity index (χ0n) is 10.9. The van der Waals surface area contributed by atoms with Gasteiger partial charge in [0.2, 0.25) is 5.91 Å². The molecule has 2 rings (SSSR count). The van der Waals surface area contributed by atoms with Crippen LogP contribution in [0.15, 0.2) is 24.3 Å². The van der Waals surface area contributed by atoms with Gasteiger partial charge in [-0.25, -0.2) is 0 Å². The Kier molecular flexibility index (Phi) is 3.56. The fourth-order valence-electron chi connectivity index (χ4n) is 2.39. The average molecular weight is 302 g/mol. The summed E-state index contributed by atoms with van der Waals surface area (Å²) in [5.74, 6) is -2.51. The summed E-state index contributed by atoms with van der Waals surface area (Å²) in [6.07, 6.45) is -5.33. The molecule has 1 saturated heterocycles. The molecule has 0 aromatic heterocycles. The maximum atomic E-state index is 13.1. The smallest absolute Gasteiger partial charge is 0.406 e. The number of benzene rings is 1. The maximum Gasteiger partial charge on any atom is 0.406 e. The minimum absolute atomic E-state index is 0.0261. The van der Waals surface area contributed by atoms with Gasteiger partial charge in [0, 0.05) is 24.3 Å². The number of alkyl halides is 3. The predicted molar refractivity (Wildman–Crippen MR) is 67.9 cm³/mol. The minimum Gasteiger partial charge on any atom is -0.481 e. The van der Waals surface area contributed by atoms with Crippen LogP contribution >= 0.6 is 0 Å². The molecule has 114 valence electrons. The normalized spacial score (nSPS) is 22.3. The number of hydrogen-bond donors (Lipinski definition) is 2. The van der Waals surface area contributed by atoms with E-state index in [0.717, 1.165) is 0 Å². The summed E-state index contributed by atoms with van der Waals surface area (Å²) >= 11 is 0. The molecule has 1 aromatic rings. The fourth-order valence-corrected chi connectivity index (χ4v) is 2.39. The Balaban J connectivity index is 2.25. The first-order valence-corrected chi connectivity index (χ1v) is 6.12. The molecule has 1 aliphatic rings. The standard InChI is InChI=1S/C13H13F3N2O3/c14-13(15,16)12(11(20)21)5-6-18(7-12)9-3-1-8(2-4-9)10(17)19/h1-4H,5-7H2,(H2,17,19)(H,20,21). The first-order chi connectivity index (χ1) is 9.67. The molecule has 1 amide bonds. The highest BCUT2D eigenvalue weighted by Crippen LogP contribution is 2.46. The monoisotopic (exact) mass is 302 g/mol. The second-order valence-corrected chi connectivity index (χ2v) is 4.97. The molecule has 0 spiro atoms. The second kappa shape index (κ2) is 4.94. The zero-order valence-corrected chi connectivity index (χ0v) is 10.9. The summed E-state index contributed by atoms with van der Waals surface area (Å²) in [4.78, 5) is 23.4. The Hall–Kier alpha value is -2.25. The molecule has 5 nitrogen and oxygen atoms in total. The van der Waals surface area contributed by atoms with Crippen molar-refractivity contribution in [1.29, 1.82) is 0 Å². The Morgan fingerprint density at radius 3 is 2.19 bits per heavy atom. The van der Waals surface area contributed by atoms with Gasteiger partial charge in [-0.15, -0.1) is 0 Å². The van der Waals surface area contributed by atoms with E-state index in [2.05, 4.69) is 0 Å². The summed E-state index contributed by atoms with van der Waals surface area (Å²) in [6.45, 7) is -0.677. The van der Waals surface area contributed by atoms with Crippen molar-refractivity contribution in [2.24, 2.45) is 11.1 Å². The van der Waals surface area contributed by atoms with Gasteiger partial charge in [0.1, 0.15) is 0 Å². The van der Waals surface area contributed by atoms with Gasteiger partial charge in [0.25, 0.3) is 0 Å². The van der Waals surface area contributed by atoms with Crippen LogP contribution in [-0.2, 0) is 4.79 Å². The Bertz CT molecular complexity index is 571. The molecule has 1 aliphatic heterocycles. The van der Waals surface area contributed by atoms with Crippen molar-refractivity contribution >= 4 is 17.6 Å². The van der Waals surface area contributed by atoms with Gasteiger partial charge in [-0.2, -0.15) is 13.2 Å². The van der Waals surface area contributed by atoms with Gasteiger partial charge in [-0.05, 0) is 30.7 Å². The van der Waals surface area contributed by atoms with Crippen molar-refractivity contribution in [3.05, 3.63) is 29.8 Å². The number of nitrogens with zero attached hydrogens (tertiary/aromatic N) is 1. The minimum atomic E-state index is -4.82. The van der Waals surface area contributed by atoms with Crippen LogP contribution in [0.2, 0.25) is 0 Å². The van der Waals surface area contributed by atoms with Gasteiger partial charge in [-0.3, -0.25) is 9.59 Å². The van der Waals surface area contributed by atoms with Crippen LogP contribution in [-0.4, -0.2) is 36.2 Å². The van der Waals surface area contributed by atoms with E-state index in [9.17, 15) is 22.8 Å². The van der Waals surface area contributed by atoms with E-state index >= 15 is 0 Å². The zero-order chi connectivity index (χ0) is 15.8. The van der Waals surface area contributed by atoms with E-state index in [0.29, 0.717) is 5.69 Å². The van der Waals surface area contributed by atoms with E-state index in [4.69, 9.17) is 10.8 Å². The maximum absolute atomic E-state index is 13.1. The van der Waals surface area contributed by atoms with Crippen molar-refractivity contribution in [3.63, 3.8) is 0 Å². The first kappa shape index (κ1) is 15.1. The summed E-state index contributed by atoms with van der Waals surface area (Å²) in [5, 5.41) is 8.97. The van der Waals surface area contributed by atoms with Gasteiger partial charge in [0.05, 0.1) is 0 Å². The second-order valence-electron chi connectivity index (χ2n) is 4.97. The lowest BCUT2D eigenvalue weighted by Gasteiger charge is -2.27.